The second-order valence-corrected chi connectivity index (χ2v) is 3.79. The highest BCUT2D eigenvalue weighted by atomic mass is 15.3. The van der Waals surface area contributed by atoms with Crippen molar-refractivity contribution < 1.29 is 0 Å². The number of imidazole rings is 1. The first-order valence-corrected chi connectivity index (χ1v) is 4.95. The summed E-state index contributed by atoms with van der Waals surface area (Å²) in [4.78, 5) is 4.18. The third-order valence-corrected chi connectivity index (χ3v) is 2.21. The van der Waals surface area contributed by atoms with Gasteiger partial charge in [-0.1, -0.05) is 0 Å². The van der Waals surface area contributed by atoms with Gasteiger partial charge in [0.25, 0.3) is 0 Å². The van der Waals surface area contributed by atoms with E-state index in [1.807, 2.05) is 28.7 Å². The molecule has 0 unspecified atom stereocenters. The molecule has 0 aliphatic carbocycles. The highest BCUT2D eigenvalue weighted by Gasteiger charge is 2.03. The van der Waals surface area contributed by atoms with E-state index in [4.69, 9.17) is 0 Å². The predicted molar refractivity (Wildman–Crippen MR) is 59.1 cm³/mol. The van der Waals surface area contributed by atoms with Crippen molar-refractivity contribution in [3.05, 3.63) is 24.8 Å². The van der Waals surface area contributed by atoms with E-state index < -0.39 is 0 Å². The van der Waals surface area contributed by atoms with Crippen LogP contribution in [0.25, 0.3) is 0 Å². The van der Waals surface area contributed by atoms with E-state index in [9.17, 15) is 0 Å². The number of aryl methyl sites for hydroxylation is 1. The highest BCUT2D eigenvalue weighted by Crippen LogP contribution is 2.14. The van der Waals surface area contributed by atoms with E-state index in [0.717, 1.165) is 11.6 Å². The minimum absolute atomic E-state index is 0.377. The Kier molecular flexibility index (Phi) is 2.45. The van der Waals surface area contributed by atoms with E-state index in [2.05, 4.69) is 29.2 Å². The summed E-state index contributed by atoms with van der Waals surface area (Å²) in [5.74, 6) is 0.818. The zero-order chi connectivity index (χ0) is 10.8. The fraction of sp³-hybridized carbons (Fsp3) is 0.400. The van der Waals surface area contributed by atoms with E-state index in [0.29, 0.717) is 6.04 Å². The van der Waals surface area contributed by atoms with Crippen LogP contribution in [0.2, 0.25) is 0 Å². The molecule has 2 heterocycles. The van der Waals surface area contributed by atoms with Gasteiger partial charge in [0.2, 0.25) is 5.95 Å². The Morgan fingerprint density at radius 3 is 2.73 bits per heavy atom. The van der Waals surface area contributed by atoms with Crippen LogP contribution < -0.4 is 5.32 Å². The van der Waals surface area contributed by atoms with Gasteiger partial charge in [-0.05, 0) is 13.8 Å². The van der Waals surface area contributed by atoms with Gasteiger partial charge in [0.1, 0.15) is 0 Å². The quantitative estimate of drug-likeness (QED) is 0.833. The van der Waals surface area contributed by atoms with Crippen LogP contribution >= 0.6 is 0 Å². The Morgan fingerprint density at radius 2 is 2.20 bits per heavy atom. The fourth-order valence-corrected chi connectivity index (χ4v) is 1.30. The number of nitrogens with one attached hydrogen (secondary N) is 1. The molecule has 0 bridgehead atoms. The summed E-state index contributed by atoms with van der Waals surface area (Å²) in [6.45, 7) is 4.19. The zero-order valence-electron chi connectivity index (χ0n) is 9.18. The van der Waals surface area contributed by atoms with Crippen molar-refractivity contribution >= 4 is 11.6 Å². The molecule has 80 valence electrons. The Labute approximate surface area is 88.7 Å². The molecular weight excluding hydrogens is 190 g/mol. The van der Waals surface area contributed by atoms with Crippen molar-refractivity contribution in [2.24, 2.45) is 7.05 Å². The van der Waals surface area contributed by atoms with Crippen molar-refractivity contribution in [2.75, 3.05) is 5.32 Å². The number of aromatic nitrogens is 4. The molecule has 0 amide bonds. The average Bonchev–Trinajstić information content (AvgIpc) is 2.77. The summed E-state index contributed by atoms with van der Waals surface area (Å²) in [5.41, 5.74) is 0.956. The lowest BCUT2D eigenvalue weighted by atomic mass is 10.4. The van der Waals surface area contributed by atoms with E-state index in [1.165, 1.54) is 0 Å². The largest absolute Gasteiger partial charge is 0.323 e. The van der Waals surface area contributed by atoms with Crippen LogP contribution in [0.5, 0.6) is 0 Å². The number of hydrogen-bond donors (Lipinski definition) is 1. The molecule has 2 aromatic heterocycles. The second kappa shape index (κ2) is 3.76. The van der Waals surface area contributed by atoms with Crippen LogP contribution in [0.1, 0.15) is 19.9 Å². The molecule has 0 spiro atoms. The van der Waals surface area contributed by atoms with Crippen LogP contribution in [-0.4, -0.2) is 19.3 Å². The summed E-state index contributed by atoms with van der Waals surface area (Å²) in [7, 11) is 1.95. The van der Waals surface area contributed by atoms with Crippen LogP contribution in [0.3, 0.4) is 0 Å². The Balaban J connectivity index is 2.15. The van der Waals surface area contributed by atoms with E-state index in [1.54, 1.807) is 12.4 Å². The van der Waals surface area contributed by atoms with Gasteiger partial charge in [-0.2, -0.15) is 5.10 Å². The van der Waals surface area contributed by atoms with E-state index >= 15 is 0 Å². The summed E-state index contributed by atoms with van der Waals surface area (Å²) in [5, 5.41) is 7.44. The first-order chi connectivity index (χ1) is 7.16. The van der Waals surface area contributed by atoms with Gasteiger partial charge in [0.05, 0.1) is 11.9 Å². The number of hydrogen-bond acceptors (Lipinski definition) is 3. The van der Waals surface area contributed by atoms with Crippen LogP contribution in [-0.2, 0) is 7.05 Å². The smallest absolute Gasteiger partial charge is 0.207 e. The maximum absolute atomic E-state index is 4.24. The van der Waals surface area contributed by atoms with Crippen LogP contribution in [0.4, 0.5) is 11.6 Å². The average molecular weight is 205 g/mol. The van der Waals surface area contributed by atoms with Crippen molar-refractivity contribution in [3.8, 4) is 0 Å². The van der Waals surface area contributed by atoms with Gasteiger partial charge in [0.15, 0.2) is 0 Å². The molecule has 0 saturated heterocycles. The Bertz CT molecular complexity index is 440. The highest BCUT2D eigenvalue weighted by molar-refractivity contribution is 5.50. The fourth-order valence-electron chi connectivity index (χ4n) is 1.30. The summed E-state index contributed by atoms with van der Waals surface area (Å²) < 4.78 is 3.83. The first-order valence-electron chi connectivity index (χ1n) is 4.95. The third kappa shape index (κ3) is 2.01. The standard InChI is InChI=1S/C10H15N5/c1-8(2)15-7-9(6-12-15)13-10-11-4-5-14(10)3/h4-8H,1-3H3,(H,11,13). The number of rotatable bonds is 3. The van der Waals surface area contributed by atoms with E-state index in [-0.39, 0.29) is 0 Å². The van der Waals surface area contributed by atoms with Crippen molar-refractivity contribution in [1.29, 1.82) is 0 Å². The summed E-state index contributed by atoms with van der Waals surface area (Å²) in [6.07, 6.45) is 7.43. The predicted octanol–water partition coefficient (Wildman–Crippen LogP) is 1.94. The molecule has 0 fully saturated rings. The molecule has 0 atom stereocenters. The normalized spacial score (nSPS) is 10.9. The minimum Gasteiger partial charge on any atom is -0.323 e. The Hall–Kier alpha value is -1.78. The Morgan fingerprint density at radius 1 is 1.40 bits per heavy atom. The topological polar surface area (TPSA) is 47.7 Å². The number of nitrogens with zero attached hydrogens (tertiary/aromatic N) is 4. The van der Waals surface area contributed by atoms with Crippen molar-refractivity contribution in [3.63, 3.8) is 0 Å². The molecule has 0 aliphatic rings. The van der Waals surface area contributed by atoms with Crippen LogP contribution in [0.15, 0.2) is 24.8 Å². The van der Waals surface area contributed by atoms with Gasteiger partial charge in [-0.15, -0.1) is 0 Å². The molecule has 0 aromatic carbocycles. The van der Waals surface area contributed by atoms with Gasteiger partial charge < -0.3 is 9.88 Å². The molecule has 2 aromatic rings. The zero-order valence-corrected chi connectivity index (χ0v) is 9.18. The van der Waals surface area contributed by atoms with Crippen LogP contribution in [0, 0.1) is 0 Å². The van der Waals surface area contributed by atoms with Crippen molar-refractivity contribution in [2.45, 2.75) is 19.9 Å². The lowest BCUT2D eigenvalue weighted by Gasteiger charge is -2.04. The molecule has 5 heteroatoms. The maximum atomic E-state index is 4.24. The minimum atomic E-state index is 0.377. The monoisotopic (exact) mass is 205 g/mol. The lowest BCUT2D eigenvalue weighted by molar-refractivity contribution is 0.532. The lowest BCUT2D eigenvalue weighted by Crippen LogP contribution is -2.00. The molecule has 0 saturated carbocycles. The van der Waals surface area contributed by atoms with Gasteiger partial charge >= 0.3 is 0 Å². The molecule has 0 radical (unpaired) electrons. The summed E-state index contributed by atoms with van der Waals surface area (Å²) in [6, 6.07) is 0.377. The SMILES string of the molecule is CC(C)n1cc(Nc2nccn2C)cn1. The third-order valence-electron chi connectivity index (χ3n) is 2.21. The summed E-state index contributed by atoms with van der Waals surface area (Å²) >= 11 is 0. The number of anilines is 2. The first kappa shape index (κ1) is 9.76. The van der Waals surface area contributed by atoms with Gasteiger partial charge in [-0.25, -0.2) is 4.98 Å². The molecule has 1 N–H and O–H groups in total. The second-order valence-electron chi connectivity index (χ2n) is 3.79. The van der Waals surface area contributed by atoms with Gasteiger partial charge in [-0.3, -0.25) is 4.68 Å². The van der Waals surface area contributed by atoms with Gasteiger partial charge in [0, 0.05) is 31.7 Å². The molecular formula is C10H15N5. The molecule has 2 rings (SSSR count). The molecule has 0 aliphatic heterocycles. The molecule has 15 heavy (non-hydrogen) atoms. The maximum Gasteiger partial charge on any atom is 0.207 e. The molecule has 5 nitrogen and oxygen atoms in total. The van der Waals surface area contributed by atoms with Crippen molar-refractivity contribution in [1.82, 2.24) is 19.3 Å².